The molecule has 4 heteroatoms. The third kappa shape index (κ3) is 1.52. The lowest BCUT2D eigenvalue weighted by Crippen LogP contribution is -2.68. The van der Waals surface area contributed by atoms with Gasteiger partial charge in [0.15, 0.2) is 5.60 Å². The molecule has 1 saturated carbocycles. The van der Waals surface area contributed by atoms with Crippen LogP contribution in [-0.4, -0.2) is 17.7 Å². The molecule has 0 radical (unpaired) electrons. The fraction of sp³-hybridized carbons (Fsp3) is 0.933. The van der Waals surface area contributed by atoms with Gasteiger partial charge >= 0.3 is 0 Å². The number of rotatable bonds is 0. The molecule has 0 aromatic rings. The Labute approximate surface area is 114 Å². The van der Waals surface area contributed by atoms with Crippen molar-refractivity contribution < 1.29 is 19.2 Å². The predicted molar refractivity (Wildman–Crippen MR) is 67.3 cm³/mol. The van der Waals surface area contributed by atoms with Gasteiger partial charge in [-0.05, 0) is 44.9 Å². The number of hydrogen-bond acceptors (Lipinski definition) is 4. The maximum Gasteiger partial charge on any atom is 0.243 e. The zero-order valence-corrected chi connectivity index (χ0v) is 11.9. The SMILES string of the molecule is C[C@@H]1CC[C@H]2[C@@H](C)[CH+]O[C@@H]3O[C@@]4(C)CC[C@@H]1[C@]32OO4. The summed E-state index contributed by atoms with van der Waals surface area (Å²) in [6.07, 6.45) is 4.11. The van der Waals surface area contributed by atoms with Crippen molar-refractivity contribution in [2.75, 3.05) is 0 Å². The molecule has 0 N–H and O–H groups in total. The van der Waals surface area contributed by atoms with Crippen LogP contribution in [0.25, 0.3) is 0 Å². The lowest BCUT2D eigenvalue weighted by Gasteiger charge is -2.55. The summed E-state index contributed by atoms with van der Waals surface area (Å²) in [4.78, 5) is 11.7. The Balaban J connectivity index is 1.81. The second-order valence-electron chi connectivity index (χ2n) is 7.04. The molecule has 1 aliphatic carbocycles. The molecule has 0 unspecified atom stereocenters. The van der Waals surface area contributed by atoms with E-state index in [1.165, 1.54) is 12.8 Å². The summed E-state index contributed by atoms with van der Waals surface area (Å²) < 4.78 is 12.0. The van der Waals surface area contributed by atoms with Gasteiger partial charge in [0.25, 0.3) is 0 Å². The number of hydrogen-bond donors (Lipinski definition) is 0. The van der Waals surface area contributed by atoms with Crippen molar-refractivity contribution in [1.29, 1.82) is 0 Å². The summed E-state index contributed by atoms with van der Waals surface area (Å²) in [5.74, 6) is 1.29. The highest BCUT2D eigenvalue weighted by atomic mass is 17.3. The van der Waals surface area contributed by atoms with Gasteiger partial charge in [-0.2, -0.15) is 4.74 Å². The molecule has 4 saturated heterocycles. The molecule has 1 spiro atoms. The molecule has 4 heterocycles. The lowest BCUT2D eigenvalue weighted by molar-refractivity contribution is -0.563. The van der Waals surface area contributed by atoms with Crippen LogP contribution < -0.4 is 0 Å². The standard InChI is InChI=1S/C15H23O4/c1-9-4-5-11-10(2)8-16-13-15(11)12(9)6-7-14(3,17-13)18-19-15/h8-13H,4-7H2,1-3H3/q+1/t9-,10+,11+,12+,13-,14-,15+/m1/s1. The van der Waals surface area contributed by atoms with E-state index >= 15 is 0 Å². The maximum absolute atomic E-state index is 6.12. The van der Waals surface area contributed by atoms with Crippen molar-refractivity contribution in [2.45, 2.75) is 64.1 Å². The zero-order chi connectivity index (χ0) is 13.3. The molecule has 4 aliphatic heterocycles. The Morgan fingerprint density at radius 2 is 1.89 bits per heavy atom. The highest BCUT2D eigenvalue weighted by Crippen LogP contribution is 2.60. The topological polar surface area (TPSA) is 36.9 Å². The van der Waals surface area contributed by atoms with Crippen LogP contribution in [0.5, 0.6) is 0 Å². The van der Waals surface area contributed by atoms with E-state index in [2.05, 4.69) is 13.8 Å². The van der Waals surface area contributed by atoms with E-state index < -0.39 is 11.4 Å². The van der Waals surface area contributed by atoms with Crippen molar-refractivity contribution in [2.24, 2.45) is 23.7 Å². The van der Waals surface area contributed by atoms with Crippen molar-refractivity contribution >= 4 is 0 Å². The van der Waals surface area contributed by atoms with E-state index in [-0.39, 0.29) is 6.29 Å². The van der Waals surface area contributed by atoms with Crippen LogP contribution in [0.4, 0.5) is 0 Å². The van der Waals surface area contributed by atoms with Crippen LogP contribution >= 0.6 is 0 Å². The Hall–Kier alpha value is -0.290. The molecule has 106 valence electrons. The second-order valence-corrected chi connectivity index (χ2v) is 7.04. The summed E-state index contributed by atoms with van der Waals surface area (Å²) >= 11 is 0. The van der Waals surface area contributed by atoms with Crippen molar-refractivity contribution in [3.8, 4) is 0 Å². The fourth-order valence-corrected chi connectivity index (χ4v) is 4.73. The predicted octanol–water partition coefficient (Wildman–Crippen LogP) is 3.03. The molecule has 5 rings (SSSR count). The average Bonchev–Trinajstić information content (AvgIpc) is 2.61. The van der Waals surface area contributed by atoms with Gasteiger partial charge < -0.3 is 4.74 Å². The molecule has 5 aliphatic rings. The summed E-state index contributed by atoms with van der Waals surface area (Å²) in [6, 6.07) is 0. The quantitative estimate of drug-likeness (QED) is 0.499. The van der Waals surface area contributed by atoms with E-state index in [9.17, 15) is 0 Å². The third-order valence-corrected chi connectivity index (χ3v) is 5.83. The molecule has 0 aromatic carbocycles. The van der Waals surface area contributed by atoms with Crippen LogP contribution in [0.1, 0.15) is 46.5 Å². The highest BCUT2D eigenvalue weighted by Gasteiger charge is 2.70. The van der Waals surface area contributed by atoms with Gasteiger partial charge in [-0.3, -0.25) is 0 Å². The molecule has 0 aromatic heterocycles. The van der Waals surface area contributed by atoms with Gasteiger partial charge in [0.05, 0.1) is 0 Å². The molecule has 2 bridgehead atoms. The molecular formula is C15H23O4+. The van der Waals surface area contributed by atoms with Crippen LogP contribution in [0.2, 0.25) is 0 Å². The first kappa shape index (κ1) is 12.5. The highest BCUT2D eigenvalue weighted by molar-refractivity contribution is 5.09. The minimum Gasteiger partial charge on any atom is -0.311 e. The number of ether oxygens (including phenoxy) is 2. The monoisotopic (exact) mass is 267 g/mol. The average molecular weight is 267 g/mol. The minimum atomic E-state index is -0.647. The molecule has 0 amide bonds. The van der Waals surface area contributed by atoms with Crippen LogP contribution in [0, 0.1) is 30.3 Å². The Bertz CT molecular complexity index is 386. The summed E-state index contributed by atoms with van der Waals surface area (Å²) in [5, 5.41) is 0. The second kappa shape index (κ2) is 3.88. The van der Waals surface area contributed by atoms with Gasteiger partial charge in [-0.15, -0.1) is 0 Å². The van der Waals surface area contributed by atoms with Gasteiger partial charge in [0, 0.05) is 12.3 Å². The van der Waals surface area contributed by atoms with Crippen molar-refractivity contribution in [1.82, 2.24) is 0 Å². The zero-order valence-electron chi connectivity index (χ0n) is 11.9. The molecule has 4 nitrogen and oxygen atoms in total. The summed E-state index contributed by atoms with van der Waals surface area (Å²) in [5.41, 5.74) is -0.401. The third-order valence-electron chi connectivity index (χ3n) is 5.83. The minimum absolute atomic E-state index is 0.303. The van der Waals surface area contributed by atoms with Gasteiger partial charge in [0.2, 0.25) is 18.7 Å². The molecule has 7 atom stereocenters. The van der Waals surface area contributed by atoms with Gasteiger partial charge in [0.1, 0.15) is 5.92 Å². The lowest BCUT2D eigenvalue weighted by atomic mass is 9.58. The van der Waals surface area contributed by atoms with E-state index in [0.29, 0.717) is 23.7 Å². The first-order valence-electron chi connectivity index (χ1n) is 7.59. The first-order chi connectivity index (χ1) is 9.05. The fourth-order valence-electron chi connectivity index (χ4n) is 4.73. The molecule has 19 heavy (non-hydrogen) atoms. The van der Waals surface area contributed by atoms with Crippen LogP contribution in [0.3, 0.4) is 0 Å². The normalized spacial score (nSPS) is 60.1. The maximum atomic E-state index is 6.12. The van der Waals surface area contributed by atoms with E-state index in [1.807, 2.05) is 13.5 Å². The molecular weight excluding hydrogens is 244 g/mol. The largest absolute Gasteiger partial charge is 0.311 e. The first-order valence-corrected chi connectivity index (χ1v) is 7.59. The molecule has 5 fully saturated rings. The van der Waals surface area contributed by atoms with E-state index in [1.54, 1.807) is 0 Å². The van der Waals surface area contributed by atoms with E-state index in [4.69, 9.17) is 19.2 Å². The Morgan fingerprint density at radius 1 is 1.05 bits per heavy atom. The number of fused-ring (bicyclic) bond motifs is 2. The summed E-state index contributed by atoms with van der Waals surface area (Å²) in [6.45, 7) is 8.45. The summed E-state index contributed by atoms with van der Waals surface area (Å²) in [7, 11) is 0. The van der Waals surface area contributed by atoms with Crippen molar-refractivity contribution in [3.05, 3.63) is 6.61 Å². The smallest absolute Gasteiger partial charge is 0.243 e. The Kier molecular flexibility index (Phi) is 2.54. The van der Waals surface area contributed by atoms with Crippen LogP contribution in [0.15, 0.2) is 0 Å². The van der Waals surface area contributed by atoms with Gasteiger partial charge in [-0.1, -0.05) is 6.92 Å². The van der Waals surface area contributed by atoms with Gasteiger partial charge in [-0.25, -0.2) is 9.78 Å². The van der Waals surface area contributed by atoms with Crippen molar-refractivity contribution in [3.63, 3.8) is 0 Å². The van der Waals surface area contributed by atoms with Crippen LogP contribution in [-0.2, 0) is 19.2 Å². The Morgan fingerprint density at radius 3 is 2.74 bits per heavy atom. The van der Waals surface area contributed by atoms with E-state index in [0.717, 1.165) is 12.8 Å².